The number of nitrogen functional groups attached to an aromatic ring is 1. The maximum Gasteiger partial charge on any atom is 0.259 e. The molecule has 9 heteroatoms. The van der Waals surface area contributed by atoms with Gasteiger partial charge in [0.1, 0.15) is 17.6 Å². The molecule has 38 heavy (non-hydrogen) atoms. The van der Waals surface area contributed by atoms with Gasteiger partial charge in [0.2, 0.25) is 0 Å². The number of fused-ring (bicyclic) bond motifs is 2. The van der Waals surface area contributed by atoms with Crippen molar-refractivity contribution in [2.75, 3.05) is 12.8 Å². The molecule has 0 aliphatic heterocycles. The number of H-pyrrole nitrogens is 1. The van der Waals surface area contributed by atoms with Crippen LogP contribution in [0.2, 0.25) is 0 Å². The molecule has 4 aromatic heterocycles. The van der Waals surface area contributed by atoms with Gasteiger partial charge < -0.3 is 20.0 Å². The Morgan fingerprint density at radius 3 is 2.58 bits per heavy atom. The van der Waals surface area contributed by atoms with Crippen molar-refractivity contribution >= 4 is 27.8 Å². The number of hydrogen-bond donors (Lipinski definition) is 2. The summed E-state index contributed by atoms with van der Waals surface area (Å²) < 4.78 is 7.11. The number of imidazole rings is 1. The van der Waals surface area contributed by atoms with Crippen LogP contribution < -0.4 is 16.0 Å². The summed E-state index contributed by atoms with van der Waals surface area (Å²) in [5, 5.41) is 1.70. The van der Waals surface area contributed by atoms with Crippen LogP contribution in [0.15, 0.2) is 90.5 Å². The van der Waals surface area contributed by atoms with Crippen molar-refractivity contribution in [3.05, 3.63) is 107 Å². The van der Waals surface area contributed by atoms with Gasteiger partial charge in [-0.25, -0.2) is 15.0 Å². The molecule has 0 fully saturated rings. The van der Waals surface area contributed by atoms with E-state index in [1.165, 1.54) is 12.7 Å². The van der Waals surface area contributed by atoms with Crippen LogP contribution in [0.5, 0.6) is 5.75 Å². The number of aromatic nitrogens is 6. The van der Waals surface area contributed by atoms with Crippen LogP contribution >= 0.6 is 0 Å². The monoisotopic (exact) mass is 505 g/mol. The highest BCUT2D eigenvalue weighted by Gasteiger charge is 2.13. The number of ether oxygens (including phenoxy) is 1. The maximum atomic E-state index is 13.5. The zero-order valence-electron chi connectivity index (χ0n) is 21.1. The number of pyridine rings is 2. The second kappa shape index (κ2) is 10.9. The Morgan fingerprint density at radius 2 is 1.87 bits per heavy atom. The van der Waals surface area contributed by atoms with E-state index in [0.29, 0.717) is 23.5 Å². The molecular weight excluding hydrogens is 478 g/mol. The third kappa shape index (κ3) is 4.94. The van der Waals surface area contributed by atoms with Gasteiger partial charge in [0, 0.05) is 23.7 Å². The average molecular weight is 506 g/mol. The summed E-state index contributed by atoms with van der Waals surface area (Å²) in [5.74, 6) is 1.24. The Labute approximate surface area is 219 Å². The third-order valence-electron chi connectivity index (χ3n) is 6.31. The van der Waals surface area contributed by atoms with Crippen LogP contribution in [0.1, 0.15) is 18.2 Å². The Bertz CT molecular complexity index is 1740. The molecule has 0 bridgehead atoms. The van der Waals surface area contributed by atoms with Gasteiger partial charge in [0.25, 0.3) is 5.56 Å². The minimum atomic E-state index is 0.0321. The minimum Gasteiger partial charge on any atom is -0.497 e. The number of anilines is 1. The molecule has 4 heterocycles. The first-order chi connectivity index (χ1) is 18.6. The summed E-state index contributed by atoms with van der Waals surface area (Å²) in [6.45, 7) is 2.61. The summed E-state index contributed by atoms with van der Waals surface area (Å²) in [6.07, 6.45) is 7.26. The van der Waals surface area contributed by atoms with Crippen LogP contribution in [-0.4, -0.2) is 36.6 Å². The van der Waals surface area contributed by atoms with Crippen LogP contribution in [0.3, 0.4) is 0 Å². The summed E-state index contributed by atoms with van der Waals surface area (Å²) in [5.41, 5.74) is 10.8. The Balaban J connectivity index is 0.000000244. The summed E-state index contributed by atoms with van der Waals surface area (Å²) >= 11 is 0. The minimum absolute atomic E-state index is 0.0321. The Kier molecular flexibility index (Phi) is 7.08. The molecule has 6 rings (SSSR count). The van der Waals surface area contributed by atoms with E-state index in [9.17, 15) is 4.79 Å². The van der Waals surface area contributed by atoms with Gasteiger partial charge in [-0.15, -0.1) is 0 Å². The molecule has 0 unspecified atom stereocenters. The van der Waals surface area contributed by atoms with E-state index in [2.05, 4.69) is 37.9 Å². The van der Waals surface area contributed by atoms with Crippen LogP contribution in [0.4, 0.5) is 5.82 Å². The van der Waals surface area contributed by atoms with E-state index in [0.717, 1.165) is 45.3 Å². The van der Waals surface area contributed by atoms with Crippen molar-refractivity contribution in [1.82, 2.24) is 29.5 Å². The first kappa shape index (κ1) is 24.6. The summed E-state index contributed by atoms with van der Waals surface area (Å²) in [6, 6.07) is 19.9. The van der Waals surface area contributed by atoms with E-state index in [4.69, 9.17) is 10.5 Å². The first-order valence-electron chi connectivity index (χ1n) is 12.2. The molecular formula is C29H27N7O2. The molecule has 190 valence electrons. The summed E-state index contributed by atoms with van der Waals surface area (Å²) in [4.78, 5) is 32.1. The van der Waals surface area contributed by atoms with Crippen molar-refractivity contribution in [1.29, 1.82) is 0 Å². The fourth-order valence-electron chi connectivity index (χ4n) is 4.38. The van der Waals surface area contributed by atoms with Crippen LogP contribution in [0.25, 0.3) is 33.1 Å². The summed E-state index contributed by atoms with van der Waals surface area (Å²) in [7, 11) is 1.65. The molecule has 0 saturated carbocycles. The third-order valence-corrected chi connectivity index (χ3v) is 6.31. The van der Waals surface area contributed by atoms with Crippen molar-refractivity contribution < 1.29 is 4.74 Å². The zero-order chi connectivity index (χ0) is 26.5. The molecule has 6 aromatic rings. The van der Waals surface area contributed by atoms with Crippen molar-refractivity contribution in [2.24, 2.45) is 0 Å². The van der Waals surface area contributed by atoms with Crippen molar-refractivity contribution in [3.8, 4) is 16.9 Å². The highest BCUT2D eigenvalue weighted by molar-refractivity contribution is 5.96. The number of aromatic amines is 1. The van der Waals surface area contributed by atoms with Crippen LogP contribution in [0, 0.1) is 0 Å². The van der Waals surface area contributed by atoms with Gasteiger partial charge >= 0.3 is 0 Å². The Morgan fingerprint density at radius 1 is 1.03 bits per heavy atom. The highest BCUT2D eigenvalue weighted by Crippen LogP contribution is 2.27. The van der Waals surface area contributed by atoms with E-state index in [-0.39, 0.29) is 5.56 Å². The normalized spacial score (nSPS) is 10.8. The molecule has 0 amide bonds. The zero-order valence-corrected chi connectivity index (χ0v) is 21.1. The number of rotatable bonds is 5. The smallest absolute Gasteiger partial charge is 0.259 e. The number of nitrogens with two attached hydrogens (primary N) is 1. The Hall–Kier alpha value is -5.05. The molecule has 2 aromatic carbocycles. The lowest BCUT2D eigenvalue weighted by Gasteiger charge is -2.16. The predicted molar refractivity (Wildman–Crippen MR) is 149 cm³/mol. The number of hydrogen-bond acceptors (Lipinski definition) is 7. The van der Waals surface area contributed by atoms with Crippen molar-refractivity contribution in [2.45, 2.75) is 19.9 Å². The van der Waals surface area contributed by atoms with Gasteiger partial charge in [-0.1, -0.05) is 43.3 Å². The molecule has 3 N–H and O–H groups in total. The van der Waals surface area contributed by atoms with E-state index < -0.39 is 0 Å². The van der Waals surface area contributed by atoms with Gasteiger partial charge in [0.05, 0.1) is 25.4 Å². The quantitative estimate of drug-likeness (QED) is 0.350. The van der Waals surface area contributed by atoms with Gasteiger partial charge in [0.15, 0.2) is 11.5 Å². The molecule has 0 spiro atoms. The number of nitrogens with one attached hydrogen (secondary N) is 1. The topological polar surface area (TPSA) is 125 Å². The SMILES string of the molecule is CCc1cc2cccc(-c3cccnc3)c2c(=O)n1Cc1ccc(OC)cc1.Nc1ncnc2nc[nH]c12. The van der Waals surface area contributed by atoms with Crippen LogP contribution in [-0.2, 0) is 13.0 Å². The predicted octanol–water partition coefficient (Wildman–Crippen LogP) is 4.62. The van der Waals surface area contributed by atoms with E-state index >= 15 is 0 Å². The lowest BCUT2D eigenvalue weighted by atomic mass is 9.99. The van der Waals surface area contributed by atoms with Crippen molar-refractivity contribution in [3.63, 3.8) is 0 Å². The highest BCUT2D eigenvalue weighted by atomic mass is 16.5. The molecule has 0 aliphatic carbocycles. The lowest BCUT2D eigenvalue weighted by molar-refractivity contribution is 0.414. The molecule has 0 radical (unpaired) electrons. The van der Waals surface area contributed by atoms with E-state index in [1.54, 1.807) is 19.5 Å². The number of aryl methyl sites for hydroxylation is 1. The molecule has 0 aliphatic rings. The standard InChI is InChI=1S/C24H22N2O2.C5H5N5/c1-3-20-14-18-6-4-8-22(19-7-5-13-25-15-19)23(18)24(27)26(20)16-17-9-11-21(28-2)12-10-17;6-4-3-5(9-1-7-3)10-2-8-4/h4-15H,3,16H2,1-2H3;1-2H,(H3,6,7,8,9,10). The molecule has 0 saturated heterocycles. The van der Waals surface area contributed by atoms with Gasteiger partial charge in [-0.3, -0.25) is 9.78 Å². The molecule has 0 atom stereocenters. The maximum absolute atomic E-state index is 13.5. The number of methoxy groups -OCH3 is 1. The second-order valence-electron chi connectivity index (χ2n) is 8.60. The van der Waals surface area contributed by atoms with Gasteiger partial charge in [-0.2, -0.15) is 0 Å². The second-order valence-corrected chi connectivity index (χ2v) is 8.60. The largest absolute Gasteiger partial charge is 0.497 e. The first-order valence-corrected chi connectivity index (χ1v) is 12.2. The number of nitrogens with zero attached hydrogens (tertiary/aromatic N) is 5. The fourth-order valence-corrected chi connectivity index (χ4v) is 4.38. The fraction of sp³-hybridized carbons (Fsp3) is 0.138. The average Bonchev–Trinajstić information content (AvgIpc) is 3.46. The number of benzene rings is 2. The van der Waals surface area contributed by atoms with Gasteiger partial charge in [-0.05, 0) is 47.2 Å². The van der Waals surface area contributed by atoms with E-state index in [1.807, 2.05) is 59.2 Å². The lowest BCUT2D eigenvalue weighted by Crippen LogP contribution is -2.24. The molecule has 9 nitrogen and oxygen atoms in total.